The Labute approximate surface area is 245 Å². The van der Waals surface area contributed by atoms with E-state index >= 15 is 0 Å². The molecular formula is C28H33F3N8O4. The Bertz CT molecular complexity index is 1500. The van der Waals surface area contributed by atoms with Crippen molar-refractivity contribution in [2.45, 2.75) is 51.4 Å². The van der Waals surface area contributed by atoms with Gasteiger partial charge in [-0.2, -0.15) is 28.2 Å². The largest absolute Gasteiger partial charge is 0.465 e. The van der Waals surface area contributed by atoms with Crippen LogP contribution in [-0.4, -0.2) is 70.1 Å². The number of piperidine rings is 1. The Kier molecular flexibility index (Phi) is 8.18. The van der Waals surface area contributed by atoms with Gasteiger partial charge in [-0.05, 0) is 56.7 Å². The number of aromatic nitrogens is 4. The molecule has 4 heterocycles. The number of rotatable bonds is 8. The number of anilines is 2. The first-order valence-corrected chi connectivity index (χ1v) is 13.9. The average molecular weight is 603 g/mol. The van der Waals surface area contributed by atoms with Crippen LogP contribution in [-0.2, 0) is 9.53 Å². The molecule has 1 aromatic carbocycles. The number of alkyl halides is 3. The van der Waals surface area contributed by atoms with Gasteiger partial charge in [-0.15, -0.1) is 0 Å². The lowest BCUT2D eigenvalue weighted by atomic mass is 9.76. The number of esters is 1. The van der Waals surface area contributed by atoms with Gasteiger partial charge in [0.25, 0.3) is 0 Å². The number of nitrogen functional groups attached to an aromatic ring is 1. The first-order valence-electron chi connectivity index (χ1n) is 13.9. The lowest BCUT2D eigenvalue weighted by Crippen LogP contribution is -2.41. The molecule has 2 saturated heterocycles. The van der Waals surface area contributed by atoms with Crippen LogP contribution < -0.4 is 26.4 Å². The van der Waals surface area contributed by atoms with E-state index in [2.05, 4.69) is 20.4 Å². The van der Waals surface area contributed by atoms with Crippen molar-refractivity contribution in [3.05, 3.63) is 53.3 Å². The van der Waals surface area contributed by atoms with E-state index < -0.39 is 18.2 Å². The fourth-order valence-electron chi connectivity index (χ4n) is 5.66. The molecule has 2 aliphatic heterocycles. The second-order valence-corrected chi connectivity index (χ2v) is 10.9. The summed E-state index contributed by atoms with van der Waals surface area (Å²) in [5, 5.41) is 7.47. The number of aryl methyl sites for hydroxylation is 1. The Balaban J connectivity index is 1.39. The maximum atomic E-state index is 14.5. The highest BCUT2D eigenvalue weighted by Crippen LogP contribution is 2.42. The number of hydrogen-bond donors (Lipinski definition) is 3. The molecule has 1 spiro atoms. The molecule has 2 aliphatic rings. The minimum atomic E-state index is -4.88. The average Bonchev–Trinajstić information content (AvgIpc) is 3.57. The van der Waals surface area contributed by atoms with Gasteiger partial charge in [-0.25, -0.2) is 4.68 Å². The number of nitrogens with one attached hydrogen (secondary N) is 1. The van der Waals surface area contributed by atoms with Crippen LogP contribution in [0.4, 0.5) is 24.9 Å². The van der Waals surface area contributed by atoms with Crippen LogP contribution in [0.1, 0.15) is 53.9 Å². The molecule has 43 heavy (non-hydrogen) atoms. The lowest BCUT2D eigenvalue weighted by Gasteiger charge is -2.39. The van der Waals surface area contributed by atoms with E-state index in [4.69, 9.17) is 20.9 Å². The number of hydrogen-bond acceptors (Lipinski definition) is 10. The normalized spacial score (nSPS) is 18.9. The number of nitrogens with two attached hydrogens (primary N) is 2. The van der Waals surface area contributed by atoms with Gasteiger partial charge in [-0.3, -0.25) is 9.59 Å². The quantitative estimate of drug-likeness (QED) is 0.327. The standard InChI is InChI=1S/C28H33F3N8O4/c1-3-42-25(41)19-14-27(15-34-19)7-10-38(11-8-27)21-13-22(36-26(33)35-21)43-23(28(29,30)31)18-5-4-17(24(32)40)12-20(18)39-9-6-16(2)37-39/h4-6,9,12-13,19,23,34H,3,7-8,10-11,14-15H2,1-2H3,(H2,32,40)(H2,33,35,36)/t19-,23?/m0/s1. The first-order chi connectivity index (χ1) is 20.4. The molecule has 0 radical (unpaired) electrons. The molecule has 2 aromatic heterocycles. The van der Waals surface area contributed by atoms with Crippen molar-refractivity contribution in [2.24, 2.45) is 11.1 Å². The summed E-state index contributed by atoms with van der Waals surface area (Å²) in [7, 11) is 0. The third-order valence-electron chi connectivity index (χ3n) is 7.89. The van der Waals surface area contributed by atoms with E-state index in [0.717, 1.165) is 18.9 Å². The highest BCUT2D eigenvalue weighted by Gasteiger charge is 2.46. The summed E-state index contributed by atoms with van der Waals surface area (Å²) in [6, 6.07) is 6.17. The molecule has 5 N–H and O–H groups in total. The molecule has 2 atom stereocenters. The van der Waals surface area contributed by atoms with Crippen LogP contribution in [0.3, 0.4) is 0 Å². The van der Waals surface area contributed by atoms with Crippen LogP contribution in [0, 0.1) is 12.3 Å². The number of ether oxygens (including phenoxy) is 2. The van der Waals surface area contributed by atoms with Gasteiger partial charge in [0.1, 0.15) is 11.9 Å². The highest BCUT2D eigenvalue weighted by molar-refractivity contribution is 5.93. The van der Waals surface area contributed by atoms with Gasteiger partial charge in [0, 0.05) is 43.0 Å². The topological polar surface area (TPSA) is 164 Å². The van der Waals surface area contributed by atoms with Gasteiger partial charge < -0.3 is 31.2 Å². The molecule has 15 heteroatoms. The Morgan fingerprint density at radius 3 is 2.56 bits per heavy atom. The Morgan fingerprint density at radius 2 is 1.93 bits per heavy atom. The van der Waals surface area contributed by atoms with Crippen molar-refractivity contribution in [1.82, 2.24) is 25.1 Å². The van der Waals surface area contributed by atoms with E-state index in [1.54, 1.807) is 19.9 Å². The smallest absolute Gasteiger partial charge is 0.429 e. The van der Waals surface area contributed by atoms with E-state index in [0.29, 0.717) is 44.2 Å². The van der Waals surface area contributed by atoms with Gasteiger partial charge in [0.15, 0.2) is 0 Å². The minimum absolute atomic E-state index is 0.00954. The summed E-state index contributed by atoms with van der Waals surface area (Å²) in [5.74, 6) is -1.34. The van der Waals surface area contributed by atoms with Crippen molar-refractivity contribution in [3.63, 3.8) is 0 Å². The molecule has 2 fully saturated rings. The van der Waals surface area contributed by atoms with Crippen molar-refractivity contribution in [3.8, 4) is 11.6 Å². The highest BCUT2D eigenvalue weighted by atomic mass is 19.4. The van der Waals surface area contributed by atoms with Crippen LogP contribution in [0.5, 0.6) is 5.88 Å². The third kappa shape index (κ3) is 6.50. The Hall–Kier alpha value is -4.40. The van der Waals surface area contributed by atoms with Gasteiger partial charge >= 0.3 is 12.1 Å². The van der Waals surface area contributed by atoms with Crippen molar-refractivity contribution < 1.29 is 32.2 Å². The number of carbonyl (C=O) groups excluding carboxylic acids is 2. The summed E-state index contributed by atoms with van der Waals surface area (Å²) in [4.78, 5) is 34.1. The molecule has 230 valence electrons. The first kappa shape index (κ1) is 30.1. The molecule has 1 unspecified atom stereocenters. The summed E-state index contributed by atoms with van der Waals surface area (Å²) in [6.07, 6.45) is -3.76. The zero-order valence-corrected chi connectivity index (χ0v) is 23.7. The zero-order valence-electron chi connectivity index (χ0n) is 23.7. The van der Waals surface area contributed by atoms with Gasteiger partial charge in [0.2, 0.25) is 23.8 Å². The van der Waals surface area contributed by atoms with Crippen LogP contribution in [0.2, 0.25) is 0 Å². The molecule has 3 aromatic rings. The maximum Gasteiger partial charge on any atom is 0.429 e. The molecular weight excluding hydrogens is 569 g/mol. The molecule has 12 nitrogen and oxygen atoms in total. The van der Waals surface area contributed by atoms with Gasteiger partial charge in [0.05, 0.1) is 18.0 Å². The predicted molar refractivity (Wildman–Crippen MR) is 150 cm³/mol. The fourth-order valence-corrected chi connectivity index (χ4v) is 5.66. The number of primary amides is 1. The summed E-state index contributed by atoms with van der Waals surface area (Å²) in [6.45, 7) is 5.53. The SMILES string of the molecule is CCOC(=O)[C@@H]1CC2(CCN(c3cc(OC(c4ccc(C(N)=O)cc4-n4ccc(C)n4)C(F)(F)F)nc(N)n3)CC2)CN1. The summed E-state index contributed by atoms with van der Waals surface area (Å²) in [5.41, 5.74) is 11.5. The lowest BCUT2D eigenvalue weighted by molar-refractivity contribution is -0.198. The number of amides is 1. The second-order valence-electron chi connectivity index (χ2n) is 10.9. The summed E-state index contributed by atoms with van der Waals surface area (Å²) < 4.78 is 55.5. The van der Waals surface area contributed by atoms with Crippen LogP contribution in [0.15, 0.2) is 36.5 Å². The minimum Gasteiger partial charge on any atom is -0.465 e. The predicted octanol–water partition coefficient (Wildman–Crippen LogP) is 2.85. The monoisotopic (exact) mass is 602 g/mol. The van der Waals surface area contributed by atoms with Crippen molar-refractivity contribution in [2.75, 3.05) is 36.9 Å². The molecule has 1 amide bonds. The van der Waals surface area contributed by atoms with Crippen molar-refractivity contribution in [1.29, 1.82) is 0 Å². The maximum absolute atomic E-state index is 14.5. The molecule has 0 bridgehead atoms. The number of carbonyl (C=O) groups is 2. The number of benzene rings is 1. The van der Waals surface area contributed by atoms with Crippen LogP contribution >= 0.6 is 0 Å². The number of nitrogens with zero attached hydrogens (tertiary/aromatic N) is 5. The van der Waals surface area contributed by atoms with Crippen molar-refractivity contribution >= 4 is 23.6 Å². The molecule has 0 aliphatic carbocycles. The summed E-state index contributed by atoms with van der Waals surface area (Å²) >= 11 is 0. The number of halogens is 3. The Morgan fingerprint density at radius 1 is 1.19 bits per heavy atom. The molecule has 5 rings (SSSR count). The van der Waals surface area contributed by atoms with Crippen LogP contribution in [0.25, 0.3) is 5.69 Å². The third-order valence-corrected chi connectivity index (χ3v) is 7.89. The second kappa shape index (κ2) is 11.7. The van der Waals surface area contributed by atoms with E-state index in [1.807, 2.05) is 4.90 Å². The van der Waals surface area contributed by atoms with E-state index in [9.17, 15) is 22.8 Å². The van der Waals surface area contributed by atoms with E-state index in [-0.39, 0.29) is 46.1 Å². The zero-order chi connectivity index (χ0) is 30.9. The fraction of sp³-hybridized carbons (Fsp3) is 0.464. The van der Waals surface area contributed by atoms with E-state index in [1.165, 1.54) is 29.1 Å². The van der Waals surface area contributed by atoms with Gasteiger partial charge in [-0.1, -0.05) is 6.07 Å². The molecule has 0 saturated carbocycles.